The summed E-state index contributed by atoms with van der Waals surface area (Å²) in [6, 6.07) is 11.7. The van der Waals surface area contributed by atoms with Crippen molar-refractivity contribution in [1.29, 1.82) is 0 Å². The van der Waals surface area contributed by atoms with Crippen molar-refractivity contribution in [3.63, 3.8) is 0 Å². The quantitative estimate of drug-likeness (QED) is 0.789. The number of nitrogens with two attached hydrogens (primary N) is 1. The summed E-state index contributed by atoms with van der Waals surface area (Å²) in [7, 11) is 0. The van der Waals surface area contributed by atoms with Crippen LogP contribution in [0.15, 0.2) is 47.6 Å². The van der Waals surface area contributed by atoms with E-state index in [9.17, 15) is 5.11 Å². The molecule has 0 saturated heterocycles. The van der Waals surface area contributed by atoms with Crippen molar-refractivity contribution >= 4 is 16.8 Å². The fourth-order valence-electron chi connectivity index (χ4n) is 1.71. The lowest BCUT2D eigenvalue weighted by molar-refractivity contribution is 0.0854. The molecule has 0 radical (unpaired) electrons. The first-order valence-electron chi connectivity index (χ1n) is 5.49. The van der Waals surface area contributed by atoms with E-state index in [4.69, 9.17) is 5.73 Å². The van der Waals surface area contributed by atoms with Gasteiger partial charge in [0, 0.05) is 6.20 Å². The zero-order valence-electron chi connectivity index (χ0n) is 9.52. The van der Waals surface area contributed by atoms with E-state index in [1.807, 2.05) is 42.6 Å². The van der Waals surface area contributed by atoms with Gasteiger partial charge in [0.15, 0.2) is 0 Å². The van der Waals surface area contributed by atoms with E-state index in [0.29, 0.717) is 10.8 Å². The van der Waals surface area contributed by atoms with Gasteiger partial charge in [0.05, 0.1) is 11.4 Å². The maximum Gasteiger partial charge on any atom is 0.221 e. The Hall–Kier alpha value is -1.63. The summed E-state index contributed by atoms with van der Waals surface area (Å²) >= 11 is 1.41. The van der Waals surface area contributed by atoms with Gasteiger partial charge in [0.25, 0.3) is 0 Å². The monoisotopic (exact) mass is 260 g/mol. The summed E-state index contributed by atoms with van der Waals surface area (Å²) in [6.45, 7) is 0. The van der Waals surface area contributed by atoms with Crippen LogP contribution in [0.2, 0.25) is 0 Å². The minimum atomic E-state index is -1.46. The summed E-state index contributed by atoms with van der Waals surface area (Å²) in [4.78, 5) is 4.03. The molecule has 1 atom stereocenters. The molecule has 6 heteroatoms. The number of nitrogens with zero attached hydrogens (tertiary/aromatic N) is 3. The molecule has 0 spiro atoms. The predicted molar refractivity (Wildman–Crippen MR) is 71.7 cm³/mol. The number of benzene rings is 1. The average Bonchev–Trinajstić information content (AvgIpc) is 2.96. The smallest absolute Gasteiger partial charge is 0.221 e. The number of aliphatic hydroxyl groups is 1. The lowest BCUT2D eigenvalue weighted by atomic mass is 10.3. The van der Waals surface area contributed by atoms with Gasteiger partial charge in [-0.15, -0.1) is 0 Å². The van der Waals surface area contributed by atoms with Crippen molar-refractivity contribution in [3.05, 3.63) is 48.3 Å². The number of aromatic nitrogens is 2. The van der Waals surface area contributed by atoms with Crippen LogP contribution in [-0.2, 0) is 0 Å². The molecule has 0 fully saturated rings. The Morgan fingerprint density at radius 3 is 2.72 bits per heavy atom. The molecule has 1 aromatic heterocycles. The van der Waals surface area contributed by atoms with Crippen LogP contribution in [0.1, 0.15) is 5.69 Å². The Bertz CT molecular complexity index is 591. The molecule has 1 aliphatic rings. The summed E-state index contributed by atoms with van der Waals surface area (Å²) in [5.41, 5.74) is 7.24. The molecule has 1 aromatic carbocycles. The highest BCUT2D eigenvalue weighted by Gasteiger charge is 2.29. The van der Waals surface area contributed by atoms with Crippen molar-refractivity contribution in [3.8, 4) is 5.69 Å². The topological polar surface area (TPSA) is 76.4 Å². The number of thioether (sulfide) groups is 1. The van der Waals surface area contributed by atoms with E-state index in [1.54, 1.807) is 4.68 Å². The van der Waals surface area contributed by atoms with E-state index in [-0.39, 0.29) is 0 Å². The highest BCUT2D eigenvalue weighted by Crippen LogP contribution is 2.25. The van der Waals surface area contributed by atoms with Crippen LogP contribution in [0.3, 0.4) is 0 Å². The zero-order valence-corrected chi connectivity index (χ0v) is 10.3. The van der Waals surface area contributed by atoms with Crippen LogP contribution < -0.4 is 5.73 Å². The molecule has 0 bridgehead atoms. The standard InChI is InChI=1S/C12H12N4OS/c13-12(17)8-18-11(14-12)10-6-7-16(15-10)9-4-2-1-3-5-9/h1-7,17H,8,13H2. The molecule has 3 N–H and O–H groups in total. The first-order chi connectivity index (χ1) is 8.64. The Balaban J connectivity index is 1.92. The molecule has 5 nitrogen and oxygen atoms in total. The van der Waals surface area contributed by atoms with E-state index < -0.39 is 5.85 Å². The lowest BCUT2D eigenvalue weighted by Gasteiger charge is -2.08. The maximum atomic E-state index is 9.58. The predicted octanol–water partition coefficient (Wildman–Crippen LogP) is 0.971. The highest BCUT2D eigenvalue weighted by atomic mass is 32.2. The van der Waals surface area contributed by atoms with Gasteiger partial charge >= 0.3 is 0 Å². The van der Waals surface area contributed by atoms with Gasteiger partial charge in [-0.2, -0.15) is 5.10 Å². The average molecular weight is 260 g/mol. The van der Waals surface area contributed by atoms with Crippen LogP contribution in [-0.4, -0.2) is 31.5 Å². The van der Waals surface area contributed by atoms with Crippen LogP contribution in [0.25, 0.3) is 5.69 Å². The third-order valence-electron chi connectivity index (χ3n) is 2.55. The molecule has 1 aliphatic heterocycles. The molecule has 3 rings (SSSR count). The van der Waals surface area contributed by atoms with E-state index in [0.717, 1.165) is 11.4 Å². The number of hydrogen-bond acceptors (Lipinski definition) is 5. The molecule has 2 heterocycles. The molecule has 0 aliphatic carbocycles. The van der Waals surface area contributed by atoms with Crippen LogP contribution >= 0.6 is 11.8 Å². The second-order valence-corrected chi connectivity index (χ2v) is 5.03. The lowest BCUT2D eigenvalue weighted by Crippen LogP contribution is -2.37. The van der Waals surface area contributed by atoms with E-state index in [1.165, 1.54) is 11.8 Å². The van der Waals surface area contributed by atoms with Gasteiger partial charge in [-0.05, 0) is 18.2 Å². The normalized spacial score (nSPS) is 23.1. The first kappa shape index (κ1) is 11.5. The summed E-state index contributed by atoms with van der Waals surface area (Å²) < 4.78 is 1.77. The van der Waals surface area contributed by atoms with Crippen molar-refractivity contribution in [2.24, 2.45) is 10.7 Å². The van der Waals surface area contributed by atoms with Crippen molar-refractivity contribution in [2.45, 2.75) is 5.85 Å². The SMILES string of the molecule is NC1(O)CSC(c2ccn(-c3ccccc3)n2)=N1. The fraction of sp³-hybridized carbons (Fsp3) is 0.167. The molecule has 1 unspecified atom stereocenters. The third-order valence-corrected chi connectivity index (χ3v) is 3.69. The molecule has 92 valence electrons. The molecular weight excluding hydrogens is 248 g/mol. The van der Waals surface area contributed by atoms with Crippen molar-refractivity contribution in [2.75, 3.05) is 5.75 Å². The maximum absolute atomic E-state index is 9.58. The number of aliphatic imine (C=N–C) groups is 1. The molecule has 2 aromatic rings. The third kappa shape index (κ3) is 2.17. The molecule has 18 heavy (non-hydrogen) atoms. The van der Waals surface area contributed by atoms with Crippen LogP contribution in [0.5, 0.6) is 0 Å². The Labute approximate surface area is 108 Å². The second kappa shape index (κ2) is 4.24. The molecular formula is C12H12N4OS. The van der Waals surface area contributed by atoms with Crippen molar-refractivity contribution < 1.29 is 5.11 Å². The second-order valence-electron chi connectivity index (χ2n) is 4.07. The van der Waals surface area contributed by atoms with Gasteiger partial charge in [0.2, 0.25) is 5.85 Å². The summed E-state index contributed by atoms with van der Waals surface area (Å²) in [5.74, 6) is -1.10. The fourth-order valence-corrected chi connectivity index (χ4v) is 2.60. The van der Waals surface area contributed by atoms with Crippen molar-refractivity contribution in [1.82, 2.24) is 9.78 Å². The zero-order chi connectivity index (χ0) is 12.6. The van der Waals surface area contributed by atoms with E-state index >= 15 is 0 Å². The van der Waals surface area contributed by atoms with Gasteiger partial charge in [0.1, 0.15) is 10.7 Å². The minimum Gasteiger partial charge on any atom is -0.357 e. The largest absolute Gasteiger partial charge is 0.357 e. The Morgan fingerprint density at radius 2 is 2.06 bits per heavy atom. The highest BCUT2D eigenvalue weighted by molar-refractivity contribution is 8.14. The summed E-state index contributed by atoms with van der Waals surface area (Å²) in [5, 5.41) is 14.7. The minimum absolute atomic E-state index is 0.362. The van der Waals surface area contributed by atoms with Gasteiger partial charge in [-0.1, -0.05) is 30.0 Å². The molecule has 0 amide bonds. The molecule has 0 saturated carbocycles. The van der Waals surface area contributed by atoms with Crippen LogP contribution in [0, 0.1) is 0 Å². The number of hydrogen-bond donors (Lipinski definition) is 2. The summed E-state index contributed by atoms with van der Waals surface area (Å²) in [6.07, 6.45) is 1.86. The number of para-hydroxylation sites is 1. The number of rotatable bonds is 2. The van der Waals surface area contributed by atoms with Gasteiger partial charge < -0.3 is 5.11 Å². The van der Waals surface area contributed by atoms with E-state index in [2.05, 4.69) is 10.1 Å². The van der Waals surface area contributed by atoms with Gasteiger partial charge in [-0.25, -0.2) is 9.67 Å². The van der Waals surface area contributed by atoms with Crippen LogP contribution in [0.4, 0.5) is 0 Å². The Kier molecular flexibility index (Phi) is 2.70. The first-order valence-corrected chi connectivity index (χ1v) is 6.48. The van der Waals surface area contributed by atoms with Gasteiger partial charge in [-0.3, -0.25) is 5.73 Å². The Morgan fingerprint density at radius 1 is 1.28 bits per heavy atom.